The summed E-state index contributed by atoms with van der Waals surface area (Å²) in [7, 11) is 0. The van der Waals surface area contributed by atoms with Gasteiger partial charge in [-0.1, -0.05) is 19.9 Å². The van der Waals surface area contributed by atoms with Crippen molar-refractivity contribution in [3.05, 3.63) is 45.5 Å². The third-order valence-electron chi connectivity index (χ3n) is 3.88. The molecule has 98 valence electrons. The smallest absolute Gasteiger partial charge is 0.186 e. The number of hydrogen-bond acceptors (Lipinski definition) is 1. The number of hydrogen-bond donors (Lipinski definition) is 0. The number of benzene rings is 1. The number of carbonyl (C=O) groups excluding carboxylic acids is 1. The summed E-state index contributed by atoms with van der Waals surface area (Å²) in [5, 5.41) is 0. The maximum atomic E-state index is 12.3. The minimum atomic E-state index is 0.130. The second-order valence-corrected chi connectivity index (χ2v) is 5.47. The summed E-state index contributed by atoms with van der Waals surface area (Å²) in [6, 6.07) is 0. The fourth-order valence-electron chi connectivity index (χ4n) is 2.23. The Morgan fingerprint density at radius 3 is 1.61 bits per heavy atom. The molecular formula is C17H24O. The Labute approximate surface area is 111 Å². The molecule has 0 aromatic heterocycles. The summed E-state index contributed by atoms with van der Waals surface area (Å²) in [6.07, 6.45) is 3.68. The average molecular weight is 244 g/mol. The molecule has 0 fully saturated rings. The Balaban J connectivity index is 3.38. The first kappa shape index (κ1) is 14.7. The minimum absolute atomic E-state index is 0.130. The van der Waals surface area contributed by atoms with Crippen molar-refractivity contribution in [1.82, 2.24) is 0 Å². The van der Waals surface area contributed by atoms with Gasteiger partial charge in [0.1, 0.15) is 0 Å². The Morgan fingerprint density at radius 2 is 1.22 bits per heavy atom. The van der Waals surface area contributed by atoms with Gasteiger partial charge in [0, 0.05) is 5.56 Å². The predicted octanol–water partition coefficient (Wildman–Crippen LogP) is 4.62. The highest BCUT2D eigenvalue weighted by Crippen LogP contribution is 2.26. The van der Waals surface area contributed by atoms with E-state index < -0.39 is 0 Å². The van der Waals surface area contributed by atoms with Crippen LogP contribution in [0.1, 0.15) is 52.0 Å². The third-order valence-corrected chi connectivity index (χ3v) is 3.88. The lowest BCUT2D eigenvalue weighted by Gasteiger charge is -2.16. The van der Waals surface area contributed by atoms with Gasteiger partial charge in [0.2, 0.25) is 0 Å². The van der Waals surface area contributed by atoms with Crippen LogP contribution in [-0.4, -0.2) is 5.78 Å². The molecule has 0 heterocycles. The van der Waals surface area contributed by atoms with E-state index in [0.717, 1.165) is 16.7 Å². The monoisotopic (exact) mass is 244 g/mol. The van der Waals surface area contributed by atoms with Gasteiger partial charge in [-0.15, -0.1) is 0 Å². The highest BCUT2D eigenvalue weighted by Gasteiger charge is 2.16. The Bertz CT molecular complexity index is 476. The molecule has 0 aliphatic carbocycles. The van der Waals surface area contributed by atoms with Crippen molar-refractivity contribution >= 4 is 5.78 Å². The van der Waals surface area contributed by atoms with E-state index in [9.17, 15) is 4.79 Å². The zero-order chi connectivity index (χ0) is 14.0. The van der Waals surface area contributed by atoms with E-state index in [0.29, 0.717) is 5.92 Å². The molecule has 0 N–H and O–H groups in total. The summed E-state index contributed by atoms with van der Waals surface area (Å²) in [6.45, 7) is 14.6. The Morgan fingerprint density at radius 1 is 0.833 bits per heavy atom. The quantitative estimate of drug-likeness (QED) is 0.560. The predicted molar refractivity (Wildman–Crippen MR) is 78.4 cm³/mol. The highest BCUT2D eigenvalue weighted by atomic mass is 16.1. The summed E-state index contributed by atoms with van der Waals surface area (Å²) < 4.78 is 0. The lowest BCUT2D eigenvalue weighted by molar-refractivity contribution is 0.104. The van der Waals surface area contributed by atoms with Gasteiger partial charge in [-0.3, -0.25) is 4.79 Å². The number of allylic oxidation sites excluding steroid dienone is 2. The first-order valence-corrected chi connectivity index (χ1v) is 6.56. The van der Waals surface area contributed by atoms with Crippen LogP contribution in [0.3, 0.4) is 0 Å². The first-order chi connectivity index (χ1) is 8.27. The van der Waals surface area contributed by atoms with E-state index >= 15 is 0 Å². The first-order valence-electron chi connectivity index (χ1n) is 6.56. The summed E-state index contributed by atoms with van der Waals surface area (Å²) in [5.74, 6) is 0.534. The fourth-order valence-corrected chi connectivity index (χ4v) is 2.23. The SMILES string of the molecule is Cc1c(C)c(C)c(C(=O)C=CC(C)C)c(C)c1C. The van der Waals surface area contributed by atoms with Crippen molar-refractivity contribution in [2.45, 2.75) is 48.5 Å². The van der Waals surface area contributed by atoms with Crippen LogP contribution in [0.4, 0.5) is 0 Å². The number of carbonyl (C=O) groups is 1. The Kier molecular flexibility index (Phi) is 4.50. The van der Waals surface area contributed by atoms with Crippen molar-refractivity contribution in [3.8, 4) is 0 Å². The van der Waals surface area contributed by atoms with Gasteiger partial charge in [0.25, 0.3) is 0 Å². The molecular weight excluding hydrogens is 220 g/mol. The van der Waals surface area contributed by atoms with Crippen LogP contribution >= 0.6 is 0 Å². The lowest BCUT2D eigenvalue weighted by Crippen LogP contribution is -2.07. The van der Waals surface area contributed by atoms with Crippen LogP contribution in [0.2, 0.25) is 0 Å². The van der Waals surface area contributed by atoms with Gasteiger partial charge < -0.3 is 0 Å². The van der Waals surface area contributed by atoms with Gasteiger partial charge >= 0.3 is 0 Å². The molecule has 0 radical (unpaired) electrons. The molecule has 0 aliphatic rings. The molecule has 0 unspecified atom stereocenters. The van der Waals surface area contributed by atoms with E-state index in [1.54, 1.807) is 6.08 Å². The summed E-state index contributed by atoms with van der Waals surface area (Å²) in [5.41, 5.74) is 6.89. The van der Waals surface area contributed by atoms with E-state index in [2.05, 4.69) is 34.6 Å². The highest BCUT2D eigenvalue weighted by molar-refractivity contribution is 6.07. The van der Waals surface area contributed by atoms with Crippen molar-refractivity contribution in [1.29, 1.82) is 0 Å². The molecule has 1 nitrogen and oxygen atoms in total. The molecule has 0 aliphatic heterocycles. The molecule has 1 aromatic carbocycles. The van der Waals surface area contributed by atoms with Crippen molar-refractivity contribution < 1.29 is 4.79 Å². The van der Waals surface area contributed by atoms with Crippen LogP contribution in [0.5, 0.6) is 0 Å². The van der Waals surface area contributed by atoms with Crippen molar-refractivity contribution in [2.75, 3.05) is 0 Å². The zero-order valence-corrected chi connectivity index (χ0v) is 12.6. The number of ketones is 1. The molecule has 0 spiro atoms. The largest absolute Gasteiger partial charge is 0.289 e. The summed E-state index contributed by atoms with van der Waals surface area (Å²) >= 11 is 0. The van der Waals surface area contributed by atoms with Gasteiger partial charge in [-0.05, 0) is 74.4 Å². The zero-order valence-electron chi connectivity index (χ0n) is 12.6. The lowest BCUT2D eigenvalue weighted by atomic mass is 9.87. The molecule has 0 saturated carbocycles. The van der Waals surface area contributed by atoms with Crippen LogP contribution < -0.4 is 0 Å². The van der Waals surface area contributed by atoms with Crippen LogP contribution in [0, 0.1) is 40.5 Å². The standard InChI is InChI=1S/C17H24O/c1-10(2)8-9-16(18)17-14(6)12(4)11(3)13(5)15(17)7/h8-10H,1-7H3. The molecule has 1 rings (SSSR count). The maximum absolute atomic E-state index is 12.3. The minimum Gasteiger partial charge on any atom is -0.289 e. The van der Waals surface area contributed by atoms with Gasteiger partial charge in [0.15, 0.2) is 5.78 Å². The molecule has 1 aromatic rings. The van der Waals surface area contributed by atoms with Crippen LogP contribution in [0.15, 0.2) is 12.2 Å². The summed E-state index contributed by atoms with van der Waals surface area (Å²) in [4.78, 5) is 12.3. The fraction of sp³-hybridized carbons (Fsp3) is 0.471. The second-order valence-electron chi connectivity index (χ2n) is 5.47. The normalized spacial score (nSPS) is 11.6. The maximum Gasteiger partial charge on any atom is 0.186 e. The topological polar surface area (TPSA) is 17.1 Å². The van der Waals surface area contributed by atoms with E-state index in [1.165, 1.54) is 16.7 Å². The van der Waals surface area contributed by atoms with Crippen molar-refractivity contribution in [3.63, 3.8) is 0 Å². The van der Waals surface area contributed by atoms with E-state index in [-0.39, 0.29) is 5.78 Å². The molecule has 0 amide bonds. The van der Waals surface area contributed by atoms with E-state index in [4.69, 9.17) is 0 Å². The molecule has 1 heteroatoms. The molecule has 0 atom stereocenters. The van der Waals surface area contributed by atoms with Gasteiger partial charge in [-0.25, -0.2) is 0 Å². The average Bonchev–Trinajstić information content (AvgIpc) is 2.31. The third kappa shape index (κ3) is 2.72. The van der Waals surface area contributed by atoms with Crippen LogP contribution in [0.25, 0.3) is 0 Å². The van der Waals surface area contributed by atoms with Crippen LogP contribution in [-0.2, 0) is 0 Å². The van der Waals surface area contributed by atoms with E-state index in [1.807, 2.05) is 19.9 Å². The Hall–Kier alpha value is -1.37. The van der Waals surface area contributed by atoms with Crippen molar-refractivity contribution in [2.24, 2.45) is 5.92 Å². The molecule has 0 saturated heterocycles. The molecule has 18 heavy (non-hydrogen) atoms. The molecule has 0 bridgehead atoms. The second kappa shape index (κ2) is 5.51. The van der Waals surface area contributed by atoms with Gasteiger partial charge in [0.05, 0.1) is 0 Å². The number of rotatable bonds is 3. The van der Waals surface area contributed by atoms with Gasteiger partial charge in [-0.2, -0.15) is 0 Å².